The highest BCUT2D eigenvalue weighted by atomic mass is 79.9. The van der Waals surface area contributed by atoms with Crippen LogP contribution in [0.2, 0.25) is 5.02 Å². The van der Waals surface area contributed by atoms with Crippen LogP contribution in [0, 0.1) is 0 Å². The monoisotopic (exact) mass is 558 g/mol. The average Bonchev–Trinajstić information content (AvgIpc) is 3.16. The molecule has 3 aromatic rings. The number of carboxylic acids is 1. The van der Waals surface area contributed by atoms with Crippen LogP contribution in [-0.2, 0) is 4.79 Å². The van der Waals surface area contributed by atoms with Gasteiger partial charge in [-0.3, -0.25) is 14.6 Å². The van der Waals surface area contributed by atoms with E-state index in [1.54, 1.807) is 42.5 Å². The maximum atomic E-state index is 12.9. The van der Waals surface area contributed by atoms with E-state index >= 15 is 0 Å². The zero-order valence-electron chi connectivity index (χ0n) is 18.2. The maximum Gasteiger partial charge on any atom is 0.357 e. The van der Waals surface area contributed by atoms with Gasteiger partial charge in [-0.05, 0) is 40.0 Å². The number of carbonyl (C=O) groups excluding carboxylic acids is 2. The molecule has 1 aromatic heterocycles. The molecule has 1 atom stereocenters. The number of carbonyl (C=O) groups is 3. The van der Waals surface area contributed by atoms with E-state index in [0.717, 1.165) is 35.6 Å². The molecule has 180 valence electrons. The molecule has 0 bridgehead atoms. The zero-order chi connectivity index (χ0) is 25.1. The third-order valence-corrected chi connectivity index (χ3v) is 6.40. The topological polar surface area (TPSA) is 152 Å². The van der Waals surface area contributed by atoms with Crippen molar-refractivity contribution in [2.75, 3.05) is 18.4 Å². The fraction of sp³-hybridized carbons (Fsp3) is 0.174. The van der Waals surface area contributed by atoms with Gasteiger partial charge in [-0.2, -0.15) is 5.10 Å². The van der Waals surface area contributed by atoms with Crippen molar-refractivity contribution in [2.24, 2.45) is 10.7 Å². The van der Waals surface area contributed by atoms with Crippen LogP contribution >= 0.6 is 27.5 Å². The first-order valence-electron chi connectivity index (χ1n) is 10.5. The smallest absolute Gasteiger partial charge is 0.357 e. The molecule has 5 N–H and O–H groups in total. The summed E-state index contributed by atoms with van der Waals surface area (Å²) in [5, 5.41) is 19.7. The highest BCUT2D eigenvalue weighted by molar-refractivity contribution is 9.10. The Hall–Kier alpha value is -3.70. The van der Waals surface area contributed by atoms with E-state index in [0.29, 0.717) is 5.56 Å². The van der Waals surface area contributed by atoms with E-state index in [1.807, 2.05) is 0 Å². The SMILES string of the molecule is NC(=O)C(c1ccc(C2=NCCCN2)cc1)n1nc(C(=O)O)c(Br)c1NC(=O)c1ccccc1Cl. The summed E-state index contributed by atoms with van der Waals surface area (Å²) in [7, 11) is 0. The number of hydrogen-bond acceptors (Lipinski definition) is 6. The Morgan fingerprint density at radius 3 is 2.49 bits per heavy atom. The van der Waals surface area contributed by atoms with E-state index in [1.165, 1.54) is 6.07 Å². The second-order valence-electron chi connectivity index (χ2n) is 7.63. The molecule has 2 heterocycles. The molecule has 0 fully saturated rings. The molecular formula is C23H20BrClN6O4. The van der Waals surface area contributed by atoms with Crippen molar-refractivity contribution in [1.29, 1.82) is 0 Å². The van der Waals surface area contributed by atoms with Crippen LogP contribution < -0.4 is 16.4 Å². The number of nitrogens with one attached hydrogen (secondary N) is 2. The van der Waals surface area contributed by atoms with Crippen molar-refractivity contribution in [2.45, 2.75) is 12.5 Å². The lowest BCUT2D eigenvalue weighted by Crippen LogP contribution is -2.31. The highest BCUT2D eigenvalue weighted by Gasteiger charge is 2.31. The second kappa shape index (κ2) is 10.3. The first kappa shape index (κ1) is 24.4. The van der Waals surface area contributed by atoms with Crippen LogP contribution in [0.25, 0.3) is 0 Å². The third-order valence-electron chi connectivity index (χ3n) is 5.32. The van der Waals surface area contributed by atoms with Crippen LogP contribution in [0.5, 0.6) is 0 Å². The molecule has 0 saturated heterocycles. The summed E-state index contributed by atoms with van der Waals surface area (Å²) < 4.78 is 1.06. The summed E-state index contributed by atoms with van der Waals surface area (Å²) >= 11 is 9.32. The standard InChI is InChI=1S/C23H20BrClN6O4/c24-16-17(23(34)35)30-31(21(16)29-22(33)14-4-1-2-5-15(14)25)18(19(26)32)12-6-8-13(9-7-12)20-27-10-3-11-28-20/h1-2,4-9,18H,3,10-11H2,(H2,26,32)(H,27,28)(H,29,33)(H,34,35). The number of nitrogens with two attached hydrogens (primary N) is 1. The Kier molecular flexibility index (Phi) is 7.17. The van der Waals surface area contributed by atoms with Crippen LogP contribution in [-0.4, -0.2) is 51.6 Å². The summed E-state index contributed by atoms with van der Waals surface area (Å²) in [5.41, 5.74) is 6.75. The molecule has 10 nitrogen and oxygen atoms in total. The predicted molar refractivity (Wildman–Crippen MR) is 134 cm³/mol. The molecule has 2 aromatic carbocycles. The van der Waals surface area contributed by atoms with Crippen LogP contribution in [0.4, 0.5) is 5.82 Å². The molecule has 4 rings (SSSR count). The lowest BCUT2D eigenvalue weighted by atomic mass is 10.0. The number of aromatic nitrogens is 2. The Bertz CT molecular complexity index is 1340. The van der Waals surface area contributed by atoms with Crippen molar-refractivity contribution in [3.63, 3.8) is 0 Å². The lowest BCUT2D eigenvalue weighted by molar-refractivity contribution is -0.120. The minimum atomic E-state index is -1.36. The molecule has 1 unspecified atom stereocenters. The summed E-state index contributed by atoms with van der Waals surface area (Å²) in [6.07, 6.45) is 0.952. The number of primary amides is 1. The fourth-order valence-corrected chi connectivity index (χ4v) is 4.40. The number of anilines is 1. The van der Waals surface area contributed by atoms with E-state index in [-0.39, 0.29) is 20.9 Å². The molecule has 0 radical (unpaired) electrons. The second-order valence-corrected chi connectivity index (χ2v) is 8.83. The van der Waals surface area contributed by atoms with E-state index in [9.17, 15) is 19.5 Å². The zero-order valence-corrected chi connectivity index (χ0v) is 20.5. The summed E-state index contributed by atoms with van der Waals surface area (Å²) in [5.74, 6) is -2.08. The maximum absolute atomic E-state index is 12.9. The molecule has 12 heteroatoms. The summed E-state index contributed by atoms with van der Waals surface area (Å²) in [6, 6.07) is 12.1. The molecule has 1 aliphatic rings. The van der Waals surface area contributed by atoms with E-state index in [4.69, 9.17) is 17.3 Å². The van der Waals surface area contributed by atoms with Gasteiger partial charge in [0.05, 0.1) is 15.1 Å². The van der Waals surface area contributed by atoms with Crippen LogP contribution in [0.1, 0.15) is 44.4 Å². The van der Waals surface area contributed by atoms with Crippen LogP contribution in [0.15, 0.2) is 58.0 Å². The van der Waals surface area contributed by atoms with Gasteiger partial charge in [-0.15, -0.1) is 0 Å². The molecule has 0 spiro atoms. The van der Waals surface area contributed by atoms with Gasteiger partial charge in [-0.25, -0.2) is 9.48 Å². The van der Waals surface area contributed by atoms with E-state index in [2.05, 4.69) is 36.7 Å². The van der Waals surface area contributed by atoms with E-state index < -0.39 is 29.5 Å². The number of halogens is 2. The number of aromatic carboxylic acids is 1. The molecule has 1 aliphatic heterocycles. The van der Waals surface area contributed by atoms with Crippen molar-refractivity contribution in [1.82, 2.24) is 15.1 Å². The summed E-state index contributed by atoms with van der Waals surface area (Å²) in [6.45, 7) is 1.54. The normalized spacial score (nSPS) is 13.9. The third kappa shape index (κ3) is 5.05. The Labute approximate surface area is 213 Å². The molecule has 0 aliphatic carbocycles. The molecular weight excluding hydrogens is 540 g/mol. The minimum absolute atomic E-state index is 0.0194. The number of amides is 2. The minimum Gasteiger partial charge on any atom is -0.476 e. The summed E-state index contributed by atoms with van der Waals surface area (Å²) in [4.78, 5) is 41.7. The lowest BCUT2D eigenvalue weighted by Gasteiger charge is -2.19. The van der Waals surface area contributed by atoms with Gasteiger partial charge in [0.25, 0.3) is 5.91 Å². The van der Waals surface area contributed by atoms with Gasteiger partial charge in [0, 0.05) is 18.7 Å². The highest BCUT2D eigenvalue weighted by Crippen LogP contribution is 2.33. The predicted octanol–water partition coefficient (Wildman–Crippen LogP) is 3.06. The molecule has 35 heavy (non-hydrogen) atoms. The molecule has 2 amide bonds. The number of carboxylic acid groups (broad SMARTS) is 1. The average molecular weight is 560 g/mol. The quantitative estimate of drug-likeness (QED) is 0.349. The molecule has 0 saturated carbocycles. The van der Waals surface area contributed by atoms with Gasteiger partial charge in [0.1, 0.15) is 11.7 Å². The van der Waals surface area contributed by atoms with Gasteiger partial charge in [-0.1, -0.05) is 48.0 Å². The number of nitrogens with zero attached hydrogens (tertiary/aromatic N) is 3. The Balaban J connectivity index is 1.75. The number of benzene rings is 2. The van der Waals surface area contributed by atoms with Gasteiger partial charge < -0.3 is 21.5 Å². The number of amidine groups is 1. The number of hydrogen-bond donors (Lipinski definition) is 4. The largest absolute Gasteiger partial charge is 0.476 e. The van der Waals surface area contributed by atoms with Gasteiger partial charge in [0.2, 0.25) is 5.91 Å². The number of rotatable bonds is 7. The van der Waals surface area contributed by atoms with Crippen molar-refractivity contribution >= 4 is 57.0 Å². The van der Waals surface area contributed by atoms with Crippen molar-refractivity contribution in [3.8, 4) is 0 Å². The first-order valence-corrected chi connectivity index (χ1v) is 11.7. The number of aliphatic imine (C=N–C) groups is 1. The van der Waals surface area contributed by atoms with Crippen molar-refractivity contribution < 1.29 is 19.5 Å². The van der Waals surface area contributed by atoms with Crippen molar-refractivity contribution in [3.05, 3.63) is 80.4 Å². The Morgan fingerprint density at radius 1 is 1.17 bits per heavy atom. The first-order chi connectivity index (χ1) is 16.8. The fourth-order valence-electron chi connectivity index (χ4n) is 3.65. The van der Waals surface area contributed by atoms with Gasteiger partial charge in [0.15, 0.2) is 11.7 Å². The Morgan fingerprint density at radius 2 is 1.89 bits per heavy atom. The van der Waals surface area contributed by atoms with Crippen LogP contribution in [0.3, 0.4) is 0 Å². The van der Waals surface area contributed by atoms with Gasteiger partial charge >= 0.3 is 5.97 Å².